The van der Waals surface area contributed by atoms with Gasteiger partial charge in [0.1, 0.15) is 6.07 Å². The number of benzene rings is 1. The third-order valence-corrected chi connectivity index (χ3v) is 6.69. The Balaban J connectivity index is 1.41. The zero-order valence-corrected chi connectivity index (χ0v) is 17.6. The van der Waals surface area contributed by atoms with Gasteiger partial charge in [-0.25, -0.2) is 0 Å². The highest BCUT2D eigenvalue weighted by atomic mass is 19.4. The van der Waals surface area contributed by atoms with E-state index in [-0.39, 0.29) is 0 Å². The molecule has 0 spiro atoms. The monoisotopic (exact) mass is 431 g/mol. The minimum absolute atomic E-state index is 0.356. The quantitative estimate of drug-likeness (QED) is 0.199. The Morgan fingerprint density at radius 2 is 1.29 bits per heavy atom. The molecule has 1 aromatic rings. The predicted molar refractivity (Wildman–Crippen MR) is 115 cm³/mol. The lowest BCUT2D eigenvalue weighted by atomic mass is 9.77. The van der Waals surface area contributed by atoms with Crippen molar-refractivity contribution < 1.29 is 17.6 Å². The van der Waals surface area contributed by atoms with Crippen molar-refractivity contribution in [1.29, 1.82) is 5.26 Å². The van der Waals surface area contributed by atoms with Crippen LogP contribution < -0.4 is 0 Å². The van der Waals surface area contributed by atoms with Crippen molar-refractivity contribution in [2.45, 2.75) is 63.5 Å². The first-order chi connectivity index (χ1) is 14.8. The topological polar surface area (TPSA) is 23.8 Å². The van der Waals surface area contributed by atoms with Crippen molar-refractivity contribution in [3.8, 4) is 6.07 Å². The molecule has 2 saturated carbocycles. The third kappa shape index (κ3) is 7.09. The van der Waals surface area contributed by atoms with Crippen LogP contribution in [0, 0.1) is 29.1 Å². The highest BCUT2D eigenvalue weighted by molar-refractivity contribution is 5.27. The van der Waals surface area contributed by atoms with Crippen molar-refractivity contribution in [1.82, 2.24) is 0 Å². The zero-order valence-electron chi connectivity index (χ0n) is 17.6. The van der Waals surface area contributed by atoms with Crippen molar-refractivity contribution in [3.63, 3.8) is 0 Å². The fourth-order valence-corrected chi connectivity index (χ4v) is 4.77. The largest absolute Gasteiger partial charge is 0.416 e. The molecular formula is C26H29F4N. The number of hydrogen-bond acceptors (Lipinski definition) is 1. The molecule has 0 bridgehead atoms. The van der Waals surface area contributed by atoms with Crippen LogP contribution in [-0.2, 0) is 6.18 Å². The van der Waals surface area contributed by atoms with E-state index in [1.165, 1.54) is 24.3 Å². The van der Waals surface area contributed by atoms with Crippen molar-refractivity contribution >= 4 is 0 Å². The van der Waals surface area contributed by atoms with Gasteiger partial charge in [-0.1, -0.05) is 36.4 Å². The van der Waals surface area contributed by atoms with Gasteiger partial charge in [0.15, 0.2) is 5.83 Å². The van der Waals surface area contributed by atoms with Crippen LogP contribution in [0.5, 0.6) is 0 Å². The maximum Gasteiger partial charge on any atom is 0.416 e. The lowest BCUT2D eigenvalue weighted by Crippen LogP contribution is -2.14. The first-order valence-corrected chi connectivity index (χ1v) is 11.1. The standard InChI is InChI=1S/C26H29F4N/c27-25(18-31)3-1-2-19-4-6-20(7-5-19)8-9-21-10-12-22(13-11-21)23-14-16-24(17-15-23)26(28,29)30/h1-3,8-9,14-17,19-22H,4-7,10-13H2. The molecule has 3 rings (SSSR count). The third-order valence-electron chi connectivity index (χ3n) is 6.69. The molecule has 1 aromatic carbocycles. The molecule has 0 aromatic heterocycles. The second kappa shape index (κ2) is 10.8. The number of hydrogen-bond donors (Lipinski definition) is 0. The van der Waals surface area contributed by atoms with Crippen LogP contribution in [0.4, 0.5) is 17.6 Å². The summed E-state index contributed by atoms with van der Waals surface area (Å²) in [6.07, 6.45) is 13.9. The average molecular weight is 432 g/mol. The summed E-state index contributed by atoms with van der Waals surface area (Å²) in [5.41, 5.74) is 0.440. The minimum atomic E-state index is -4.28. The average Bonchev–Trinajstić information content (AvgIpc) is 2.78. The van der Waals surface area contributed by atoms with Crippen LogP contribution in [0.2, 0.25) is 0 Å². The van der Waals surface area contributed by atoms with Gasteiger partial charge in [-0.15, -0.1) is 0 Å². The second-order valence-electron chi connectivity index (χ2n) is 8.80. The highest BCUT2D eigenvalue weighted by Crippen LogP contribution is 2.38. The van der Waals surface area contributed by atoms with Gasteiger partial charge in [0.05, 0.1) is 5.56 Å². The summed E-state index contributed by atoms with van der Waals surface area (Å²) in [6, 6.07) is 7.15. The molecular weight excluding hydrogens is 402 g/mol. The Morgan fingerprint density at radius 3 is 1.77 bits per heavy atom. The molecule has 0 aliphatic heterocycles. The molecule has 0 N–H and O–H groups in total. The summed E-state index contributed by atoms with van der Waals surface area (Å²) in [5.74, 6) is 1.19. The molecule has 0 heterocycles. The van der Waals surface area contributed by atoms with Crippen LogP contribution in [0.25, 0.3) is 0 Å². The number of alkyl halides is 3. The van der Waals surface area contributed by atoms with E-state index in [0.717, 1.165) is 56.9 Å². The van der Waals surface area contributed by atoms with Crippen molar-refractivity contribution in [2.24, 2.45) is 17.8 Å². The van der Waals surface area contributed by atoms with E-state index >= 15 is 0 Å². The number of rotatable bonds is 5. The SMILES string of the molecule is N#CC(F)=CC=CC1CCC(C=CC2CCC(c3ccc(C(F)(F)F)cc3)CC2)CC1. The molecule has 0 saturated heterocycles. The van der Waals surface area contributed by atoms with Crippen LogP contribution in [-0.4, -0.2) is 0 Å². The van der Waals surface area contributed by atoms with Crippen LogP contribution in [0.3, 0.4) is 0 Å². The van der Waals surface area contributed by atoms with Crippen molar-refractivity contribution in [3.05, 3.63) is 71.6 Å². The van der Waals surface area contributed by atoms with Gasteiger partial charge >= 0.3 is 6.18 Å². The lowest BCUT2D eigenvalue weighted by molar-refractivity contribution is -0.137. The van der Waals surface area contributed by atoms with E-state index in [1.807, 2.05) is 6.08 Å². The van der Waals surface area contributed by atoms with Crippen molar-refractivity contribution in [2.75, 3.05) is 0 Å². The van der Waals surface area contributed by atoms with Gasteiger partial charge in [0.25, 0.3) is 0 Å². The number of nitriles is 1. The Hall–Kier alpha value is -2.35. The predicted octanol–water partition coefficient (Wildman–Crippen LogP) is 8.27. The van der Waals surface area contributed by atoms with Crippen LogP contribution in [0.1, 0.15) is 68.4 Å². The van der Waals surface area contributed by atoms with E-state index < -0.39 is 17.6 Å². The second-order valence-corrected chi connectivity index (χ2v) is 8.80. The molecule has 5 heteroatoms. The number of nitrogens with zero attached hydrogens (tertiary/aromatic N) is 1. The summed E-state index contributed by atoms with van der Waals surface area (Å²) in [6.45, 7) is 0. The molecule has 2 fully saturated rings. The van der Waals surface area contributed by atoms with Crippen LogP contribution >= 0.6 is 0 Å². The Kier molecular flexibility index (Phi) is 8.12. The molecule has 0 atom stereocenters. The minimum Gasteiger partial charge on any atom is -0.195 e. The molecule has 2 aliphatic carbocycles. The normalized spacial score (nSPS) is 28.2. The van der Waals surface area contributed by atoms with E-state index in [9.17, 15) is 17.6 Å². The molecule has 2 aliphatic rings. The first kappa shape index (κ1) is 23.3. The fraction of sp³-hybridized carbons (Fsp3) is 0.500. The van der Waals surface area contributed by atoms with E-state index in [4.69, 9.17) is 5.26 Å². The fourth-order valence-electron chi connectivity index (χ4n) is 4.77. The Bertz CT molecular complexity index is 826. The molecule has 1 nitrogen and oxygen atoms in total. The summed E-state index contributed by atoms with van der Waals surface area (Å²) < 4.78 is 51.0. The van der Waals surface area contributed by atoms with E-state index in [1.54, 1.807) is 18.2 Å². The molecule has 0 amide bonds. The Morgan fingerprint density at radius 1 is 0.806 bits per heavy atom. The van der Waals surface area contributed by atoms with Gasteiger partial charge in [-0.3, -0.25) is 0 Å². The van der Waals surface area contributed by atoms with Crippen LogP contribution in [0.15, 0.2) is 60.5 Å². The lowest BCUT2D eigenvalue weighted by Gasteiger charge is -2.28. The summed E-state index contributed by atoms with van der Waals surface area (Å²) in [4.78, 5) is 0. The smallest absolute Gasteiger partial charge is 0.195 e. The Labute approximate surface area is 182 Å². The molecule has 166 valence electrons. The van der Waals surface area contributed by atoms with Gasteiger partial charge in [-0.2, -0.15) is 22.8 Å². The van der Waals surface area contributed by atoms with E-state index in [2.05, 4.69) is 12.2 Å². The van der Waals surface area contributed by atoms with Gasteiger partial charge in [-0.05, 0) is 98.8 Å². The summed E-state index contributed by atoms with van der Waals surface area (Å²) in [5, 5.41) is 8.41. The number of halogens is 4. The van der Waals surface area contributed by atoms with E-state index in [0.29, 0.717) is 23.7 Å². The molecule has 0 radical (unpaired) electrons. The van der Waals surface area contributed by atoms with Gasteiger partial charge < -0.3 is 0 Å². The van der Waals surface area contributed by atoms with Gasteiger partial charge in [0.2, 0.25) is 0 Å². The summed E-state index contributed by atoms with van der Waals surface area (Å²) in [7, 11) is 0. The van der Waals surface area contributed by atoms with Gasteiger partial charge in [0, 0.05) is 0 Å². The molecule has 31 heavy (non-hydrogen) atoms. The maximum atomic E-state index is 12.8. The maximum absolute atomic E-state index is 12.8. The highest BCUT2D eigenvalue weighted by Gasteiger charge is 2.30. The zero-order chi connectivity index (χ0) is 22.3. The molecule has 0 unspecified atom stereocenters. The first-order valence-electron chi connectivity index (χ1n) is 11.1. The number of allylic oxidation sites excluding steroid dienone is 6. The summed E-state index contributed by atoms with van der Waals surface area (Å²) >= 11 is 0.